The van der Waals surface area contributed by atoms with Gasteiger partial charge in [0.2, 0.25) is 0 Å². The second kappa shape index (κ2) is 18.6. The Morgan fingerprint density at radius 3 is 2.00 bits per heavy atom. The fourth-order valence-electron chi connectivity index (χ4n) is 3.25. The van der Waals surface area contributed by atoms with Gasteiger partial charge < -0.3 is 26.8 Å². The number of nitrogens with two attached hydrogens (primary N) is 2. The number of hydrogen-bond acceptors (Lipinski definition) is 4. The molecule has 0 aliphatic rings. The van der Waals surface area contributed by atoms with Crippen molar-refractivity contribution < 1.29 is 4.74 Å². The van der Waals surface area contributed by atoms with Crippen LogP contribution < -0.4 is 26.8 Å². The molecule has 2 rings (SSSR count). The Balaban J connectivity index is 0.000000700. The van der Waals surface area contributed by atoms with Crippen LogP contribution in [-0.4, -0.2) is 23.5 Å². The van der Waals surface area contributed by atoms with Crippen LogP contribution in [0.25, 0.3) is 0 Å². The Kier molecular flexibility index (Phi) is 16.0. The Hall–Kier alpha value is -2.81. The van der Waals surface area contributed by atoms with Gasteiger partial charge in [0, 0.05) is 11.9 Å². The predicted molar refractivity (Wildman–Crippen MR) is 147 cm³/mol. The van der Waals surface area contributed by atoms with Gasteiger partial charge in [-0.3, -0.25) is 10.8 Å². The molecule has 0 unspecified atom stereocenters. The summed E-state index contributed by atoms with van der Waals surface area (Å²) in [6, 6.07) is 11.0. The van der Waals surface area contributed by atoms with Crippen LogP contribution in [0.1, 0.15) is 71.1 Å². The fourth-order valence-corrected chi connectivity index (χ4v) is 3.52. The number of rotatable bonds is 14. The lowest BCUT2D eigenvalue weighted by molar-refractivity contribution is 0.306. The van der Waals surface area contributed by atoms with E-state index >= 15 is 0 Å². The fraction of sp³-hybridized carbons (Fsp3) is 0.480. The third-order valence-electron chi connectivity index (χ3n) is 4.91. The summed E-state index contributed by atoms with van der Waals surface area (Å²) in [5.74, 6) is 0.316. The maximum atomic E-state index is 7.42. The molecule has 0 radical (unpaired) electrons. The van der Waals surface area contributed by atoms with Crippen molar-refractivity contribution in [1.29, 1.82) is 10.8 Å². The SMILES string of the molecule is Brc1ccccn1.CCCCCCCCCCCCOc1ccc(NC(=N)N)cc1NC(=N)N. The zero-order chi connectivity index (χ0) is 25.0. The molecule has 8 nitrogen and oxygen atoms in total. The molecule has 1 aromatic carbocycles. The topological polar surface area (TPSA) is 146 Å². The van der Waals surface area contributed by atoms with Crippen molar-refractivity contribution in [2.75, 3.05) is 17.2 Å². The van der Waals surface area contributed by atoms with Crippen LogP contribution in [0.2, 0.25) is 0 Å². The number of ether oxygens (including phenoxy) is 1. The first-order chi connectivity index (χ1) is 16.4. The van der Waals surface area contributed by atoms with Crippen molar-refractivity contribution in [3.8, 4) is 5.75 Å². The summed E-state index contributed by atoms with van der Waals surface area (Å²) in [6.07, 6.45) is 14.6. The maximum absolute atomic E-state index is 7.42. The molecular weight excluding hydrogens is 494 g/mol. The van der Waals surface area contributed by atoms with Gasteiger partial charge in [-0.1, -0.05) is 70.8 Å². The highest BCUT2D eigenvalue weighted by molar-refractivity contribution is 9.10. The molecule has 188 valence electrons. The lowest BCUT2D eigenvalue weighted by atomic mass is 10.1. The molecule has 0 aliphatic carbocycles. The van der Waals surface area contributed by atoms with Gasteiger partial charge in [-0.2, -0.15) is 0 Å². The minimum atomic E-state index is -0.168. The number of benzene rings is 1. The summed E-state index contributed by atoms with van der Waals surface area (Å²) in [6.45, 7) is 2.88. The number of anilines is 2. The van der Waals surface area contributed by atoms with Gasteiger partial charge in [0.1, 0.15) is 10.4 Å². The summed E-state index contributed by atoms with van der Waals surface area (Å²) < 4.78 is 6.73. The van der Waals surface area contributed by atoms with Crippen molar-refractivity contribution in [2.24, 2.45) is 11.5 Å². The number of hydrogen-bond donors (Lipinski definition) is 6. The van der Waals surface area contributed by atoms with E-state index in [2.05, 4.69) is 38.5 Å². The Labute approximate surface area is 212 Å². The first-order valence-corrected chi connectivity index (χ1v) is 12.8. The molecule has 0 aliphatic heterocycles. The molecular formula is C25H40BrN7O. The Morgan fingerprint density at radius 2 is 1.50 bits per heavy atom. The number of nitrogens with one attached hydrogen (secondary N) is 4. The lowest BCUT2D eigenvalue weighted by Crippen LogP contribution is -2.22. The largest absolute Gasteiger partial charge is 0.491 e. The van der Waals surface area contributed by atoms with Gasteiger partial charge in [-0.15, -0.1) is 0 Å². The van der Waals surface area contributed by atoms with E-state index in [9.17, 15) is 0 Å². The highest BCUT2D eigenvalue weighted by Crippen LogP contribution is 2.28. The summed E-state index contributed by atoms with van der Waals surface area (Å²) in [5.41, 5.74) is 12.0. The number of pyridine rings is 1. The van der Waals surface area contributed by atoms with E-state index < -0.39 is 0 Å². The molecule has 0 spiro atoms. The monoisotopic (exact) mass is 533 g/mol. The van der Waals surface area contributed by atoms with Crippen LogP contribution in [0, 0.1) is 10.8 Å². The summed E-state index contributed by atoms with van der Waals surface area (Å²) in [5, 5.41) is 20.2. The van der Waals surface area contributed by atoms with Crippen LogP contribution in [-0.2, 0) is 0 Å². The van der Waals surface area contributed by atoms with Crippen molar-refractivity contribution in [1.82, 2.24) is 4.98 Å². The van der Waals surface area contributed by atoms with Gasteiger partial charge in [-0.05, 0) is 52.7 Å². The molecule has 0 amide bonds. The van der Waals surface area contributed by atoms with E-state index in [4.69, 9.17) is 27.0 Å². The molecule has 0 saturated heterocycles. The average molecular weight is 535 g/mol. The molecule has 0 saturated carbocycles. The molecule has 8 N–H and O–H groups in total. The van der Waals surface area contributed by atoms with Crippen LogP contribution in [0.5, 0.6) is 5.75 Å². The van der Waals surface area contributed by atoms with Gasteiger partial charge in [0.25, 0.3) is 0 Å². The Bertz CT molecular complexity index is 833. The normalized spacial score (nSPS) is 10.1. The molecule has 0 bridgehead atoms. The third-order valence-corrected chi connectivity index (χ3v) is 5.38. The number of unbranched alkanes of at least 4 members (excludes halogenated alkanes) is 9. The molecule has 0 fully saturated rings. The van der Waals surface area contributed by atoms with Crippen molar-refractivity contribution in [3.05, 3.63) is 47.2 Å². The van der Waals surface area contributed by atoms with E-state index in [-0.39, 0.29) is 11.9 Å². The van der Waals surface area contributed by atoms with Gasteiger partial charge >= 0.3 is 0 Å². The number of aromatic nitrogens is 1. The molecule has 9 heteroatoms. The first kappa shape index (κ1) is 29.2. The lowest BCUT2D eigenvalue weighted by Gasteiger charge is -2.14. The quantitative estimate of drug-likeness (QED) is 0.0712. The van der Waals surface area contributed by atoms with Crippen molar-refractivity contribution in [3.63, 3.8) is 0 Å². The van der Waals surface area contributed by atoms with Crippen LogP contribution in [0.15, 0.2) is 47.2 Å². The van der Waals surface area contributed by atoms with E-state index in [0.29, 0.717) is 23.7 Å². The van der Waals surface area contributed by atoms with Crippen LogP contribution in [0.3, 0.4) is 0 Å². The third kappa shape index (κ3) is 15.1. The highest BCUT2D eigenvalue weighted by Gasteiger charge is 2.07. The number of halogens is 1. The second-order valence-corrected chi connectivity index (χ2v) is 8.78. The minimum absolute atomic E-state index is 0.150. The van der Waals surface area contributed by atoms with E-state index in [0.717, 1.165) is 17.4 Å². The standard InChI is InChI=1S/C20H36N6O.C5H4BrN/c1-2-3-4-5-6-7-8-9-10-11-14-27-18-13-12-16(25-19(21)22)15-17(18)26-20(23)24;6-5-3-1-2-4-7-5/h12-13,15H,2-11,14H2,1H3,(H4,21,22,25)(H4,23,24,26);1-4H. The van der Waals surface area contributed by atoms with Gasteiger partial charge in [-0.25, -0.2) is 4.98 Å². The van der Waals surface area contributed by atoms with Gasteiger partial charge in [0.15, 0.2) is 11.9 Å². The smallest absolute Gasteiger partial charge is 0.190 e. The second-order valence-electron chi connectivity index (χ2n) is 7.97. The summed E-state index contributed by atoms with van der Waals surface area (Å²) in [7, 11) is 0. The molecule has 1 heterocycles. The molecule has 0 atom stereocenters. The zero-order valence-corrected chi connectivity index (χ0v) is 21.8. The summed E-state index contributed by atoms with van der Waals surface area (Å²) >= 11 is 3.20. The van der Waals surface area contributed by atoms with Gasteiger partial charge in [0.05, 0.1) is 12.3 Å². The molecule has 2 aromatic rings. The van der Waals surface area contributed by atoms with Crippen molar-refractivity contribution >= 4 is 39.2 Å². The first-order valence-electron chi connectivity index (χ1n) is 12.0. The average Bonchev–Trinajstić information content (AvgIpc) is 2.79. The molecule has 34 heavy (non-hydrogen) atoms. The minimum Gasteiger partial charge on any atom is -0.491 e. The number of nitrogens with zero attached hydrogens (tertiary/aromatic N) is 1. The zero-order valence-electron chi connectivity index (χ0n) is 20.2. The summed E-state index contributed by atoms with van der Waals surface area (Å²) in [4.78, 5) is 3.90. The van der Waals surface area contributed by atoms with E-state index in [1.54, 1.807) is 24.4 Å². The number of guanidine groups is 2. The Morgan fingerprint density at radius 1 is 0.882 bits per heavy atom. The molecule has 1 aromatic heterocycles. The van der Waals surface area contributed by atoms with Crippen molar-refractivity contribution in [2.45, 2.75) is 71.1 Å². The van der Waals surface area contributed by atoms with E-state index in [1.165, 1.54) is 51.4 Å². The maximum Gasteiger partial charge on any atom is 0.190 e. The highest BCUT2D eigenvalue weighted by atomic mass is 79.9. The van der Waals surface area contributed by atoms with Crippen LogP contribution in [0.4, 0.5) is 11.4 Å². The predicted octanol–water partition coefficient (Wildman–Crippen LogP) is 6.44. The van der Waals surface area contributed by atoms with E-state index in [1.807, 2.05) is 18.2 Å². The van der Waals surface area contributed by atoms with Crippen LogP contribution >= 0.6 is 15.9 Å².